The topological polar surface area (TPSA) is 59.2 Å². The Morgan fingerprint density at radius 3 is 2.70 bits per heavy atom. The van der Waals surface area contributed by atoms with E-state index >= 15 is 0 Å². The van der Waals surface area contributed by atoms with Crippen LogP contribution in [0.25, 0.3) is 22.0 Å². The third kappa shape index (κ3) is 3.31. The molecule has 4 nitrogen and oxygen atoms in total. The minimum absolute atomic E-state index is 0.0420. The monoisotopic (exact) mass is 397 g/mol. The minimum atomic E-state index is 0.0420. The smallest absolute Gasteiger partial charge is 0.254 e. The quantitative estimate of drug-likeness (QED) is 0.645. The number of hydrogen-bond acceptors (Lipinski definition) is 3. The fourth-order valence-corrected chi connectivity index (χ4v) is 4.81. The van der Waals surface area contributed by atoms with Gasteiger partial charge >= 0.3 is 0 Å². The molecule has 0 spiro atoms. The molecule has 2 N–H and O–H groups in total. The van der Waals surface area contributed by atoms with Crippen molar-refractivity contribution < 1.29 is 4.79 Å². The van der Waals surface area contributed by atoms with Crippen LogP contribution in [0.1, 0.15) is 46.8 Å². The lowest BCUT2D eigenvalue weighted by molar-refractivity contribution is 0.0793. The van der Waals surface area contributed by atoms with Gasteiger partial charge in [-0.15, -0.1) is 0 Å². The largest absolute Gasteiger partial charge is 0.339 e. The lowest BCUT2D eigenvalue weighted by Crippen LogP contribution is -2.28. The summed E-state index contributed by atoms with van der Waals surface area (Å²) < 4.78 is 0. The molecule has 0 saturated carbocycles. The first kappa shape index (κ1) is 19.0. The van der Waals surface area contributed by atoms with Crippen LogP contribution in [-0.4, -0.2) is 34.9 Å². The second-order valence-electron chi connectivity index (χ2n) is 8.49. The summed E-state index contributed by atoms with van der Waals surface area (Å²) in [5, 5.41) is 1.08. The van der Waals surface area contributed by atoms with Crippen LogP contribution in [0.15, 0.2) is 60.7 Å². The number of allylic oxidation sites excluding steroid dienone is 1. The second kappa shape index (κ2) is 7.69. The van der Waals surface area contributed by atoms with Gasteiger partial charge in [0, 0.05) is 41.7 Å². The van der Waals surface area contributed by atoms with Crippen molar-refractivity contribution in [2.45, 2.75) is 38.1 Å². The number of carbonyl (C=O) groups is 1. The van der Waals surface area contributed by atoms with Gasteiger partial charge < -0.3 is 10.6 Å². The first-order valence-electron chi connectivity index (χ1n) is 10.8. The maximum Gasteiger partial charge on any atom is 0.254 e. The zero-order valence-corrected chi connectivity index (χ0v) is 17.3. The van der Waals surface area contributed by atoms with Crippen molar-refractivity contribution in [2.24, 2.45) is 5.73 Å². The number of pyridine rings is 1. The molecule has 2 unspecified atom stereocenters. The van der Waals surface area contributed by atoms with Crippen LogP contribution in [0.3, 0.4) is 0 Å². The standard InChI is InChI=1S/C26H27N3O/c1-17-6-4-8-21(26(30)29-14-2-3-15-29)25(17)19-11-12-23-18(16-19)10-13-24(28-23)20-7-5-9-22(20)27/h4-6,8-13,16,20,22H,2-3,7,14-15,27H2,1H3. The molecule has 1 amide bonds. The zero-order chi connectivity index (χ0) is 20.7. The van der Waals surface area contributed by atoms with E-state index in [0.29, 0.717) is 0 Å². The summed E-state index contributed by atoms with van der Waals surface area (Å²) in [5.74, 6) is 0.401. The van der Waals surface area contributed by atoms with E-state index in [9.17, 15) is 4.79 Å². The lowest BCUT2D eigenvalue weighted by atomic mass is 9.93. The normalized spacial score (nSPS) is 20.9. The number of rotatable bonds is 3. The maximum atomic E-state index is 13.2. The van der Waals surface area contributed by atoms with E-state index in [1.54, 1.807) is 0 Å². The number of nitrogens with two attached hydrogens (primary N) is 1. The Hall–Kier alpha value is -2.98. The molecular weight excluding hydrogens is 370 g/mol. The zero-order valence-electron chi connectivity index (χ0n) is 17.3. The van der Waals surface area contributed by atoms with E-state index in [-0.39, 0.29) is 17.9 Å². The number of aromatic nitrogens is 1. The number of hydrogen-bond donors (Lipinski definition) is 1. The Balaban J connectivity index is 1.54. The first-order chi connectivity index (χ1) is 14.6. The van der Waals surface area contributed by atoms with Crippen LogP contribution in [0, 0.1) is 6.92 Å². The van der Waals surface area contributed by atoms with Crippen molar-refractivity contribution in [3.63, 3.8) is 0 Å². The number of nitrogens with zero attached hydrogens (tertiary/aromatic N) is 2. The van der Waals surface area contributed by atoms with Gasteiger partial charge in [-0.2, -0.15) is 0 Å². The molecule has 3 aromatic rings. The molecule has 152 valence electrons. The maximum absolute atomic E-state index is 13.2. The van der Waals surface area contributed by atoms with Crippen molar-refractivity contribution >= 4 is 16.8 Å². The third-order valence-corrected chi connectivity index (χ3v) is 6.49. The van der Waals surface area contributed by atoms with Gasteiger partial charge in [0.05, 0.1) is 5.52 Å². The van der Waals surface area contributed by atoms with Gasteiger partial charge in [-0.1, -0.05) is 36.4 Å². The highest BCUT2D eigenvalue weighted by Gasteiger charge is 2.24. The van der Waals surface area contributed by atoms with E-state index < -0.39 is 0 Å². The molecule has 0 bridgehead atoms. The van der Waals surface area contributed by atoms with Crippen molar-refractivity contribution in [3.05, 3.63) is 77.5 Å². The van der Waals surface area contributed by atoms with E-state index in [2.05, 4.69) is 55.5 Å². The average molecular weight is 398 g/mol. The van der Waals surface area contributed by atoms with Crippen molar-refractivity contribution in [1.29, 1.82) is 0 Å². The number of likely N-dealkylation sites (tertiary alicyclic amines) is 1. The van der Waals surface area contributed by atoms with Gasteiger partial charge in [0.25, 0.3) is 5.91 Å². The van der Waals surface area contributed by atoms with E-state index in [1.165, 1.54) is 0 Å². The van der Waals surface area contributed by atoms with Crippen LogP contribution >= 0.6 is 0 Å². The fourth-order valence-electron chi connectivity index (χ4n) is 4.81. The van der Waals surface area contributed by atoms with Gasteiger partial charge in [-0.3, -0.25) is 9.78 Å². The highest BCUT2D eigenvalue weighted by Crippen LogP contribution is 2.33. The van der Waals surface area contributed by atoms with Crippen molar-refractivity contribution in [1.82, 2.24) is 9.88 Å². The molecule has 1 aliphatic carbocycles. The molecule has 30 heavy (non-hydrogen) atoms. The molecule has 2 aliphatic rings. The average Bonchev–Trinajstić information content (AvgIpc) is 3.44. The molecule has 2 atom stereocenters. The highest BCUT2D eigenvalue weighted by molar-refractivity contribution is 6.02. The Morgan fingerprint density at radius 2 is 1.93 bits per heavy atom. The van der Waals surface area contributed by atoms with Crippen LogP contribution in [-0.2, 0) is 0 Å². The van der Waals surface area contributed by atoms with Crippen LogP contribution in [0.4, 0.5) is 0 Å². The molecule has 5 rings (SSSR count). The summed E-state index contributed by atoms with van der Waals surface area (Å²) in [4.78, 5) is 20.0. The predicted molar refractivity (Wildman–Crippen MR) is 122 cm³/mol. The van der Waals surface area contributed by atoms with Crippen molar-refractivity contribution in [3.8, 4) is 11.1 Å². The minimum Gasteiger partial charge on any atom is -0.339 e. The Kier molecular flexibility index (Phi) is 4.87. The van der Waals surface area contributed by atoms with Crippen LogP contribution in [0.5, 0.6) is 0 Å². The Bertz CT molecular complexity index is 1140. The van der Waals surface area contributed by atoms with E-state index in [0.717, 1.165) is 71.2 Å². The summed E-state index contributed by atoms with van der Waals surface area (Å²) in [6.45, 7) is 3.79. The lowest BCUT2D eigenvalue weighted by Gasteiger charge is -2.19. The molecule has 1 aliphatic heterocycles. The second-order valence-corrected chi connectivity index (χ2v) is 8.49. The SMILES string of the molecule is Cc1cccc(C(=O)N2CCCC2)c1-c1ccc2nc(C3CC=CC3N)ccc2c1. The number of aryl methyl sites for hydroxylation is 1. The molecule has 2 aromatic carbocycles. The molecule has 4 heteroatoms. The van der Waals surface area contributed by atoms with Gasteiger partial charge in [0.2, 0.25) is 0 Å². The van der Waals surface area contributed by atoms with Crippen LogP contribution < -0.4 is 5.73 Å². The number of benzene rings is 2. The van der Waals surface area contributed by atoms with Crippen molar-refractivity contribution in [2.75, 3.05) is 13.1 Å². The van der Waals surface area contributed by atoms with Gasteiger partial charge in [-0.05, 0) is 67.1 Å². The number of fused-ring (bicyclic) bond motifs is 1. The molecule has 2 heterocycles. The number of carbonyl (C=O) groups excluding carboxylic acids is 1. The predicted octanol–water partition coefficient (Wildman–Crippen LogP) is 4.82. The number of amides is 1. The first-order valence-corrected chi connectivity index (χ1v) is 10.8. The summed E-state index contributed by atoms with van der Waals surface area (Å²) in [6.07, 6.45) is 7.34. The van der Waals surface area contributed by atoms with Gasteiger partial charge in [-0.25, -0.2) is 0 Å². The summed E-state index contributed by atoms with van der Waals surface area (Å²) in [7, 11) is 0. The molecule has 0 radical (unpaired) electrons. The van der Waals surface area contributed by atoms with E-state index in [4.69, 9.17) is 10.7 Å². The van der Waals surface area contributed by atoms with Gasteiger partial charge in [0.1, 0.15) is 0 Å². The summed E-state index contributed by atoms with van der Waals surface area (Å²) in [6, 6.07) is 16.6. The van der Waals surface area contributed by atoms with Crippen LogP contribution in [0.2, 0.25) is 0 Å². The Labute approximate surface area is 177 Å². The Morgan fingerprint density at radius 1 is 1.10 bits per heavy atom. The molecule has 1 saturated heterocycles. The third-order valence-electron chi connectivity index (χ3n) is 6.49. The summed E-state index contributed by atoms with van der Waals surface area (Å²) in [5.41, 5.74) is 12.2. The molecule has 1 aromatic heterocycles. The van der Waals surface area contributed by atoms with E-state index in [1.807, 2.05) is 17.0 Å². The molecular formula is C26H27N3O. The summed E-state index contributed by atoms with van der Waals surface area (Å²) >= 11 is 0. The van der Waals surface area contributed by atoms with Gasteiger partial charge in [0.15, 0.2) is 0 Å². The fraction of sp³-hybridized carbons (Fsp3) is 0.308. The highest BCUT2D eigenvalue weighted by atomic mass is 16.2. The molecule has 1 fully saturated rings.